The number of carbonyl (C=O) groups is 3. The summed E-state index contributed by atoms with van der Waals surface area (Å²) in [4.78, 5) is 34.4. The molecule has 0 saturated carbocycles. The molecule has 21 heavy (non-hydrogen) atoms. The van der Waals surface area contributed by atoms with Crippen LogP contribution in [-0.4, -0.2) is 31.1 Å². The lowest BCUT2D eigenvalue weighted by Crippen LogP contribution is -2.41. The number of amides is 3. The van der Waals surface area contributed by atoms with Gasteiger partial charge in [-0.2, -0.15) is 0 Å². The van der Waals surface area contributed by atoms with Gasteiger partial charge < -0.3 is 10.1 Å². The highest BCUT2D eigenvalue weighted by atomic mass is 16.5. The SMILES string of the molecule is CCCNC(=O)NC(=O)COC(=O)c1ccc(C)c(C)c1. The molecule has 6 nitrogen and oxygen atoms in total. The predicted octanol–water partition coefficient (Wildman–Crippen LogP) is 1.70. The third-order valence-electron chi connectivity index (χ3n) is 2.87. The van der Waals surface area contributed by atoms with E-state index in [9.17, 15) is 14.4 Å². The maximum Gasteiger partial charge on any atom is 0.338 e. The fourth-order valence-corrected chi connectivity index (χ4v) is 1.53. The number of aryl methyl sites for hydroxylation is 2. The number of esters is 1. The highest BCUT2D eigenvalue weighted by molar-refractivity contribution is 5.97. The fourth-order valence-electron chi connectivity index (χ4n) is 1.53. The summed E-state index contributed by atoms with van der Waals surface area (Å²) in [5.74, 6) is -1.26. The Kier molecular flexibility index (Phi) is 6.39. The first-order chi connectivity index (χ1) is 9.93. The van der Waals surface area contributed by atoms with E-state index in [1.807, 2.05) is 26.8 Å². The second kappa shape index (κ2) is 8.04. The van der Waals surface area contributed by atoms with Crippen LogP contribution in [0.1, 0.15) is 34.8 Å². The molecule has 1 aromatic carbocycles. The zero-order valence-electron chi connectivity index (χ0n) is 12.5. The molecular formula is C15H20N2O4. The predicted molar refractivity (Wildman–Crippen MR) is 78.0 cm³/mol. The second-order valence-electron chi connectivity index (χ2n) is 4.68. The van der Waals surface area contributed by atoms with Gasteiger partial charge in [0.1, 0.15) is 0 Å². The molecule has 0 heterocycles. The lowest BCUT2D eigenvalue weighted by Gasteiger charge is -2.07. The molecule has 114 valence electrons. The summed E-state index contributed by atoms with van der Waals surface area (Å²) in [6.07, 6.45) is 0.767. The highest BCUT2D eigenvalue weighted by Gasteiger charge is 2.12. The quantitative estimate of drug-likeness (QED) is 0.809. The Labute approximate surface area is 123 Å². The van der Waals surface area contributed by atoms with Gasteiger partial charge in [0, 0.05) is 6.54 Å². The largest absolute Gasteiger partial charge is 0.452 e. The van der Waals surface area contributed by atoms with Crippen LogP contribution in [0.4, 0.5) is 4.79 Å². The maximum absolute atomic E-state index is 11.8. The Balaban J connectivity index is 2.43. The molecule has 0 fully saturated rings. The molecule has 0 spiro atoms. The van der Waals surface area contributed by atoms with Crippen molar-refractivity contribution >= 4 is 17.9 Å². The minimum Gasteiger partial charge on any atom is -0.452 e. The maximum atomic E-state index is 11.8. The van der Waals surface area contributed by atoms with Gasteiger partial charge in [-0.25, -0.2) is 9.59 Å². The molecule has 0 aromatic heterocycles. The summed E-state index contributed by atoms with van der Waals surface area (Å²) in [7, 11) is 0. The Morgan fingerprint density at radius 2 is 1.86 bits per heavy atom. The Morgan fingerprint density at radius 1 is 1.14 bits per heavy atom. The van der Waals surface area contributed by atoms with Crippen LogP contribution < -0.4 is 10.6 Å². The molecule has 0 aliphatic heterocycles. The minimum atomic E-state index is -0.666. The molecule has 1 rings (SSSR count). The summed E-state index contributed by atoms with van der Waals surface area (Å²) >= 11 is 0. The van der Waals surface area contributed by atoms with Crippen LogP contribution >= 0.6 is 0 Å². The van der Waals surface area contributed by atoms with Crippen molar-refractivity contribution in [3.05, 3.63) is 34.9 Å². The van der Waals surface area contributed by atoms with Crippen LogP contribution in [0.15, 0.2) is 18.2 Å². The number of imide groups is 1. The summed E-state index contributed by atoms with van der Waals surface area (Å²) in [5, 5.41) is 4.56. The normalized spacial score (nSPS) is 9.86. The van der Waals surface area contributed by atoms with Crippen LogP contribution in [0.5, 0.6) is 0 Å². The van der Waals surface area contributed by atoms with Crippen LogP contribution in [0, 0.1) is 13.8 Å². The van der Waals surface area contributed by atoms with Crippen molar-refractivity contribution in [2.45, 2.75) is 27.2 Å². The molecular weight excluding hydrogens is 272 g/mol. The third kappa shape index (κ3) is 5.64. The van der Waals surface area contributed by atoms with Gasteiger partial charge in [0.2, 0.25) is 0 Å². The number of urea groups is 1. The van der Waals surface area contributed by atoms with Crippen molar-refractivity contribution in [3.63, 3.8) is 0 Å². The summed E-state index contributed by atoms with van der Waals surface area (Å²) < 4.78 is 4.86. The van der Waals surface area contributed by atoms with E-state index in [0.717, 1.165) is 17.5 Å². The topological polar surface area (TPSA) is 84.5 Å². The van der Waals surface area contributed by atoms with Gasteiger partial charge in [-0.05, 0) is 43.5 Å². The van der Waals surface area contributed by atoms with Gasteiger partial charge in [-0.15, -0.1) is 0 Å². The number of hydrogen-bond donors (Lipinski definition) is 2. The van der Waals surface area contributed by atoms with E-state index in [1.54, 1.807) is 12.1 Å². The van der Waals surface area contributed by atoms with Crippen LogP contribution in [-0.2, 0) is 9.53 Å². The van der Waals surface area contributed by atoms with Crippen molar-refractivity contribution in [1.82, 2.24) is 10.6 Å². The van der Waals surface area contributed by atoms with Crippen molar-refractivity contribution in [1.29, 1.82) is 0 Å². The number of carbonyl (C=O) groups excluding carboxylic acids is 3. The molecule has 1 aromatic rings. The van der Waals surface area contributed by atoms with Crippen molar-refractivity contribution in [3.8, 4) is 0 Å². The smallest absolute Gasteiger partial charge is 0.338 e. The number of rotatable bonds is 5. The van der Waals surface area contributed by atoms with E-state index >= 15 is 0 Å². The summed E-state index contributed by atoms with van der Waals surface area (Å²) in [5.41, 5.74) is 2.41. The lowest BCUT2D eigenvalue weighted by molar-refractivity contribution is -0.123. The zero-order valence-corrected chi connectivity index (χ0v) is 12.5. The molecule has 0 unspecified atom stereocenters. The Bertz CT molecular complexity index is 540. The molecule has 0 bridgehead atoms. The fraction of sp³-hybridized carbons (Fsp3) is 0.400. The molecule has 2 N–H and O–H groups in total. The standard InChI is InChI=1S/C15H20N2O4/c1-4-7-16-15(20)17-13(18)9-21-14(19)12-6-5-10(2)11(3)8-12/h5-6,8H,4,7,9H2,1-3H3,(H2,16,17,18,20). The van der Waals surface area contributed by atoms with Crippen molar-refractivity contribution in [2.75, 3.05) is 13.2 Å². The molecule has 0 aliphatic carbocycles. The molecule has 0 aliphatic rings. The van der Waals surface area contributed by atoms with E-state index in [-0.39, 0.29) is 0 Å². The number of benzene rings is 1. The van der Waals surface area contributed by atoms with Crippen molar-refractivity contribution in [2.24, 2.45) is 0 Å². The van der Waals surface area contributed by atoms with Crippen LogP contribution in [0.3, 0.4) is 0 Å². The zero-order chi connectivity index (χ0) is 15.8. The highest BCUT2D eigenvalue weighted by Crippen LogP contribution is 2.10. The van der Waals surface area contributed by atoms with Gasteiger partial charge in [-0.3, -0.25) is 10.1 Å². The third-order valence-corrected chi connectivity index (χ3v) is 2.87. The van der Waals surface area contributed by atoms with E-state index in [1.165, 1.54) is 0 Å². The summed E-state index contributed by atoms with van der Waals surface area (Å²) in [6.45, 7) is 5.70. The Morgan fingerprint density at radius 3 is 2.48 bits per heavy atom. The van der Waals surface area contributed by atoms with Gasteiger partial charge in [0.15, 0.2) is 6.61 Å². The summed E-state index contributed by atoms with van der Waals surface area (Å²) in [6, 6.07) is 4.55. The van der Waals surface area contributed by atoms with Crippen LogP contribution in [0.2, 0.25) is 0 Å². The Hall–Kier alpha value is -2.37. The van der Waals surface area contributed by atoms with Gasteiger partial charge in [-0.1, -0.05) is 13.0 Å². The molecule has 0 saturated heterocycles. The average molecular weight is 292 g/mol. The van der Waals surface area contributed by atoms with E-state index in [0.29, 0.717) is 12.1 Å². The van der Waals surface area contributed by atoms with Gasteiger partial charge in [0.05, 0.1) is 5.56 Å². The van der Waals surface area contributed by atoms with Gasteiger partial charge >= 0.3 is 12.0 Å². The number of nitrogens with one attached hydrogen (secondary N) is 2. The van der Waals surface area contributed by atoms with Gasteiger partial charge in [0.25, 0.3) is 5.91 Å². The average Bonchev–Trinajstić information content (AvgIpc) is 2.45. The minimum absolute atomic E-state index is 0.376. The van der Waals surface area contributed by atoms with E-state index < -0.39 is 24.5 Å². The van der Waals surface area contributed by atoms with Crippen molar-refractivity contribution < 1.29 is 19.1 Å². The molecule has 0 atom stereocenters. The number of ether oxygens (including phenoxy) is 1. The second-order valence-corrected chi connectivity index (χ2v) is 4.68. The van der Waals surface area contributed by atoms with E-state index in [2.05, 4.69) is 10.6 Å². The molecule has 0 radical (unpaired) electrons. The van der Waals surface area contributed by atoms with Crippen LogP contribution in [0.25, 0.3) is 0 Å². The lowest BCUT2D eigenvalue weighted by atomic mass is 10.1. The molecule has 3 amide bonds. The van der Waals surface area contributed by atoms with E-state index in [4.69, 9.17) is 4.74 Å². The first-order valence-electron chi connectivity index (χ1n) is 6.76. The first-order valence-corrected chi connectivity index (χ1v) is 6.76. The first kappa shape index (κ1) is 16.7. The molecule has 6 heteroatoms. The number of hydrogen-bond acceptors (Lipinski definition) is 4. The monoisotopic (exact) mass is 292 g/mol.